The second-order valence-corrected chi connectivity index (χ2v) is 6.11. The Morgan fingerprint density at radius 1 is 1.00 bits per heavy atom. The normalized spacial score (nSPS) is 10.8. The van der Waals surface area contributed by atoms with E-state index in [1.54, 1.807) is 24.3 Å². The summed E-state index contributed by atoms with van der Waals surface area (Å²) in [6, 6.07) is 20.8. The first kappa shape index (κ1) is 15.9. The molecule has 4 aromatic rings. The number of carboxylic acids is 1. The molecule has 5 nitrogen and oxygen atoms in total. The summed E-state index contributed by atoms with van der Waals surface area (Å²) < 4.78 is 1.99. The Bertz CT molecular complexity index is 1080. The number of anilines is 2. The van der Waals surface area contributed by atoms with Gasteiger partial charge in [0, 0.05) is 17.4 Å². The highest BCUT2D eigenvalue weighted by Gasteiger charge is 2.14. The minimum atomic E-state index is -0.938. The average Bonchev–Trinajstić information content (AvgIpc) is 3.01. The lowest BCUT2D eigenvalue weighted by atomic mass is 10.1. The highest BCUT2D eigenvalue weighted by molar-refractivity contribution is 5.88. The minimum Gasteiger partial charge on any atom is -0.478 e. The van der Waals surface area contributed by atoms with E-state index in [-0.39, 0.29) is 5.56 Å². The third kappa shape index (κ3) is 2.91. The molecule has 0 aliphatic rings. The predicted molar refractivity (Wildman–Crippen MR) is 102 cm³/mol. The molecule has 4 rings (SSSR count). The molecule has 5 heteroatoms. The van der Waals surface area contributed by atoms with Crippen molar-refractivity contribution in [1.29, 1.82) is 0 Å². The van der Waals surface area contributed by atoms with Gasteiger partial charge >= 0.3 is 5.97 Å². The lowest BCUT2D eigenvalue weighted by molar-refractivity contribution is 0.0697. The van der Waals surface area contributed by atoms with Crippen LogP contribution in [0.4, 0.5) is 11.5 Å². The predicted octanol–water partition coefficient (Wildman–Crippen LogP) is 4.75. The van der Waals surface area contributed by atoms with Gasteiger partial charge in [0.1, 0.15) is 17.2 Å². The maximum Gasteiger partial charge on any atom is 0.335 e. The molecule has 128 valence electrons. The quantitative estimate of drug-likeness (QED) is 0.561. The molecule has 0 saturated carbocycles. The summed E-state index contributed by atoms with van der Waals surface area (Å²) in [5.41, 5.74) is 4.95. The van der Waals surface area contributed by atoms with E-state index in [4.69, 9.17) is 10.1 Å². The fourth-order valence-corrected chi connectivity index (χ4v) is 2.86. The lowest BCUT2D eigenvalue weighted by Gasteiger charge is -2.09. The van der Waals surface area contributed by atoms with Gasteiger partial charge in [-0.15, -0.1) is 0 Å². The van der Waals surface area contributed by atoms with Crippen LogP contribution in [0, 0.1) is 6.92 Å². The van der Waals surface area contributed by atoms with Crippen molar-refractivity contribution in [2.24, 2.45) is 0 Å². The molecule has 0 bridgehead atoms. The first-order valence-corrected chi connectivity index (χ1v) is 8.26. The smallest absolute Gasteiger partial charge is 0.335 e. The number of aromatic carboxylic acids is 1. The number of pyridine rings is 1. The van der Waals surface area contributed by atoms with Crippen molar-refractivity contribution >= 4 is 23.1 Å². The average molecular weight is 343 g/mol. The van der Waals surface area contributed by atoms with Crippen molar-refractivity contribution in [1.82, 2.24) is 9.38 Å². The van der Waals surface area contributed by atoms with Crippen LogP contribution in [-0.2, 0) is 0 Å². The highest BCUT2D eigenvalue weighted by atomic mass is 16.4. The van der Waals surface area contributed by atoms with E-state index >= 15 is 0 Å². The Hall–Kier alpha value is -3.60. The van der Waals surface area contributed by atoms with Crippen LogP contribution in [0.3, 0.4) is 0 Å². The van der Waals surface area contributed by atoms with Crippen molar-refractivity contribution in [3.63, 3.8) is 0 Å². The molecule has 0 spiro atoms. The second-order valence-electron chi connectivity index (χ2n) is 6.11. The van der Waals surface area contributed by atoms with Gasteiger partial charge in [0.15, 0.2) is 0 Å². The van der Waals surface area contributed by atoms with E-state index in [1.807, 2.05) is 28.8 Å². The molecule has 0 saturated heterocycles. The van der Waals surface area contributed by atoms with E-state index in [2.05, 4.69) is 36.5 Å². The highest BCUT2D eigenvalue weighted by Crippen LogP contribution is 2.31. The van der Waals surface area contributed by atoms with Crippen molar-refractivity contribution in [3.8, 4) is 11.3 Å². The fraction of sp³-hybridized carbons (Fsp3) is 0.0476. The van der Waals surface area contributed by atoms with Crippen molar-refractivity contribution in [2.75, 3.05) is 5.32 Å². The van der Waals surface area contributed by atoms with Gasteiger partial charge in [0.05, 0.1) is 5.56 Å². The van der Waals surface area contributed by atoms with Gasteiger partial charge in [-0.05, 0) is 43.3 Å². The van der Waals surface area contributed by atoms with Crippen molar-refractivity contribution in [2.45, 2.75) is 6.92 Å². The van der Waals surface area contributed by atoms with Gasteiger partial charge in [0.25, 0.3) is 0 Å². The number of fused-ring (bicyclic) bond motifs is 1. The summed E-state index contributed by atoms with van der Waals surface area (Å²) >= 11 is 0. The fourth-order valence-electron chi connectivity index (χ4n) is 2.86. The topological polar surface area (TPSA) is 66.6 Å². The maximum absolute atomic E-state index is 11.0. The number of hydrogen-bond acceptors (Lipinski definition) is 3. The van der Waals surface area contributed by atoms with Gasteiger partial charge in [-0.2, -0.15) is 0 Å². The van der Waals surface area contributed by atoms with E-state index in [1.165, 1.54) is 5.56 Å². The molecule has 2 heterocycles. The Kier molecular flexibility index (Phi) is 3.89. The summed E-state index contributed by atoms with van der Waals surface area (Å²) in [5, 5.41) is 12.4. The number of imidazole rings is 1. The summed E-state index contributed by atoms with van der Waals surface area (Å²) in [6.45, 7) is 2.05. The van der Waals surface area contributed by atoms with E-state index in [0.717, 1.165) is 28.4 Å². The molecule has 2 aromatic carbocycles. The third-order valence-corrected chi connectivity index (χ3v) is 4.25. The summed E-state index contributed by atoms with van der Waals surface area (Å²) in [5.74, 6) is -0.0979. The van der Waals surface area contributed by atoms with Crippen LogP contribution in [0.2, 0.25) is 0 Å². The SMILES string of the molecule is Cc1ccc(-c2nc3ccccn3c2Nc2ccc(C(=O)O)cc2)cc1. The standard InChI is InChI=1S/C21H17N3O2/c1-14-5-7-15(8-6-14)19-20(24-13-3-2-4-18(24)23-19)22-17-11-9-16(10-12-17)21(25)26/h2-13,22H,1H3,(H,25,26). The molecule has 0 amide bonds. The molecular formula is C21H17N3O2. The van der Waals surface area contributed by atoms with Crippen LogP contribution in [0.15, 0.2) is 72.9 Å². The van der Waals surface area contributed by atoms with E-state index in [9.17, 15) is 4.79 Å². The second kappa shape index (κ2) is 6.37. The Morgan fingerprint density at radius 3 is 2.42 bits per heavy atom. The lowest BCUT2D eigenvalue weighted by Crippen LogP contribution is -1.99. The molecule has 0 aliphatic heterocycles. The van der Waals surface area contributed by atoms with Crippen molar-refractivity contribution < 1.29 is 9.90 Å². The molecule has 2 aromatic heterocycles. The van der Waals surface area contributed by atoms with Gasteiger partial charge in [0.2, 0.25) is 0 Å². The zero-order valence-corrected chi connectivity index (χ0v) is 14.2. The van der Waals surface area contributed by atoms with Gasteiger partial charge in [-0.3, -0.25) is 4.40 Å². The number of carboxylic acid groups (broad SMARTS) is 1. The van der Waals surface area contributed by atoms with Gasteiger partial charge in [-0.25, -0.2) is 9.78 Å². The number of aromatic nitrogens is 2. The monoisotopic (exact) mass is 343 g/mol. The van der Waals surface area contributed by atoms with Crippen LogP contribution in [0.1, 0.15) is 15.9 Å². The van der Waals surface area contributed by atoms with E-state index < -0.39 is 5.97 Å². The number of benzene rings is 2. The van der Waals surface area contributed by atoms with Crippen molar-refractivity contribution in [3.05, 3.63) is 84.1 Å². The number of nitrogens with one attached hydrogen (secondary N) is 1. The van der Waals surface area contributed by atoms with E-state index in [0.29, 0.717) is 0 Å². The Morgan fingerprint density at radius 2 is 1.73 bits per heavy atom. The van der Waals surface area contributed by atoms with Crippen LogP contribution in [0.25, 0.3) is 16.9 Å². The van der Waals surface area contributed by atoms with Crippen LogP contribution in [0.5, 0.6) is 0 Å². The van der Waals surface area contributed by atoms with Crippen LogP contribution >= 0.6 is 0 Å². The molecule has 0 atom stereocenters. The number of aryl methyl sites for hydroxylation is 1. The zero-order chi connectivity index (χ0) is 18.1. The zero-order valence-electron chi connectivity index (χ0n) is 14.2. The first-order chi connectivity index (χ1) is 12.6. The molecule has 2 N–H and O–H groups in total. The van der Waals surface area contributed by atoms with Gasteiger partial charge in [-0.1, -0.05) is 35.9 Å². The molecule has 0 radical (unpaired) electrons. The molecule has 0 unspecified atom stereocenters. The molecule has 26 heavy (non-hydrogen) atoms. The number of carbonyl (C=O) groups is 1. The number of nitrogens with zero attached hydrogens (tertiary/aromatic N) is 2. The largest absolute Gasteiger partial charge is 0.478 e. The molecule has 0 aliphatic carbocycles. The molecular weight excluding hydrogens is 326 g/mol. The first-order valence-electron chi connectivity index (χ1n) is 8.26. The van der Waals surface area contributed by atoms with Gasteiger partial charge < -0.3 is 10.4 Å². The Balaban J connectivity index is 1.81. The summed E-state index contributed by atoms with van der Waals surface area (Å²) in [6.07, 6.45) is 1.95. The number of hydrogen-bond donors (Lipinski definition) is 2. The van der Waals surface area contributed by atoms with Crippen LogP contribution < -0.4 is 5.32 Å². The minimum absolute atomic E-state index is 0.257. The summed E-state index contributed by atoms with van der Waals surface area (Å²) in [4.78, 5) is 15.8. The summed E-state index contributed by atoms with van der Waals surface area (Å²) in [7, 11) is 0. The Labute approximate surface area is 150 Å². The third-order valence-electron chi connectivity index (χ3n) is 4.25. The molecule has 0 fully saturated rings. The number of rotatable bonds is 4. The van der Waals surface area contributed by atoms with Crippen LogP contribution in [-0.4, -0.2) is 20.5 Å². The maximum atomic E-state index is 11.0.